The molecule has 0 unspecified atom stereocenters. The molecule has 2 atom stereocenters. The number of aliphatic carboxylic acids is 1. The van der Waals surface area contributed by atoms with E-state index in [2.05, 4.69) is 11.6 Å². The second-order valence-corrected chi connectivity index (χ2v) is 8.41. The van der Waals surface area contributed by atoms with Crippen LogP contribution in [0.15, 0.2) is 37.0 Å². The molecule has 1 aromatic carbocycles. The number of pyridine rings is 1. The van der Waals surface area contributed by atoms with Crippen LogP contribution in [0.25, 0.3) is 16.8 Å². The van der Waals surface area contributed by atoms with Crippen molar-refractivity contribution in [1.29, 1.82) is 0 Å². The molecule has 1 aliphatic rings. The van der Waals surface area contributed by atoms with Gasteiger partial charge in [0, 0.05) is 18.0 Å². The average molecular weight is 398 g/mol. The van der Waals surface area contributed by atoms with Crippen molar-refractivity contribution in [2.45, 2.75) is 51.4 Å². The number of fused-ring (bicyclic) bond motifs is 1. The van der Waals surface area contributed by atoms with Crippen molar-refractivity contribution in [2.75, 3.05) is 6.54 Å². The monoisotopic (exact) mass is 398 g/mol. The van der Waals surface area contributed by atoms with Gasteiger partial charge in [0.1, 0.15) is 17.2 Å². The number of carboxylic acids is 1. The molecule has 0 bridgehead atoms. The van der Waals surface area contributed by atoms with E-state index in [1.54, 1.807) is 33.0 Å². The average Bonchev–Trinajstić information content (AvgIpc) is 2.98. The van der Waals surface area contributed by atoms with Crippen LogP contribution in [-0.2, 0) is 9.53 Å². The summed E-state index contributed by atoms with van der Waals surface area (Å²) in [5.41, 5.74) is -1.23. The summed E-state index contributed by atoms with van der Waals surface area (Å²) >= 11 is 0. The first-order valence-corrected chi connectivity index (χ1v) is 9.45. The molecule has 1 saturated heterocycles. The molecular formula is C22H26N2O5. The van der Waals surface area contributed by atoms with Crippen LogP contribution in [0.3, 0.4) is 0 Å². The summed E-state index contributed by atoms with van der Waals surface area (Å²) in [6.07, 6.45) is 2.29. The summed E-state index contributed by atoms with van der Waals surface area (Å²) in [4.78, 5) is 30.2. The third-order valence-corrected chi connectivity index (χ3v) is 4.95. The molecule has 3 rings (SSSR count). The molecule has 1 fully saturated rings. The smallest absolute Gasteiger partial charge is 0.411 e. The Morgan fingerprint density at radius 3 is 2.69 bits per heavy atom. The van der Waals surface area contributed by atoms with E-state index in [1.807, 2.05) is 24.3 Å². The summed E-state index contributed by atoms with van der Waals surface area (Å²) in [6.45, 7) is 10.6. The molecule has 1 aliphatic heterocycles. The lowest BCUT2D eigenvalue weighted by Gasteiger charge is -2.32. The van der Waals surface area contributed by atoms with Crippen LogP contribution < -0.4 is 4.74 Å². The van der Waals surface area contributed by atoms with Gasteiger partial charge in [-0.05, 0) is 50.8 Å². The standard InChI is InChI=1S/C22H26N2O5/c1-6-14-7-8-15-9-10-23-18(17(15)11-14)28-16-12-22(5,19(25)26)24(13-16)20(27)29-21(2,3)4/h6-11,16H,1,12-13H2,2-5H3,(H,25,26)/t16-,22+/m1/s1. The highest BCUT2D eigenvalue weighted by molar-refractivity contribution is 5.89. The van der Waals surface area contributed by atoms with E-state index in [0.717, 1.165) is 16.3 Å². The maximum Gasteiger partial charge on any atom is 0.411 e. The van der Waals surface area contributed by atoms with Crippen molar-refractivity contribution in [2.24, 2.45) is 0 Å². The van der Waals surface area contributed by atoms with Crippen LogP contribution in [0.4, 0.5) is 4.79 Å². The number of ether oxygens (including phenoxy) is 2. The minimum absolute atomic E-state index is 0.0942. The van der Waals surface area contributed by atoms with Gasteiger partial charge in [-0.2, -0.15) is 0 Å². The number of likely N-dealkylation sites (tertiary alicyclic amines) is 1. The lowest BCUT2D eigenvalue weighted by atomic mass is 9.98. The topological polar surface area (TPSA) is 89.0 Å². The molecule has 0 aliphatic carbocycles. The summed E-state index contributed by atoms with van der Waals surface area (Å²) < 4.78 is 11.5. The lowest BCUT2D eigenvalue weighted by molar-refractivity contribution is -0.148. The van der Waals surface area contributed by atoms with Gasteiger partial charge in [0.2, 0.25) is 5.88 Å². The van der Waals surface area contributed by atoms with E-state index >= 15 is 0 Å². The van der Waals surface area contributed by atoms with Crippen LogP contribution in [0, 0.1) is 0 Å². The molecule has 154 valence electrons. The Bertz CT molecular complexity index is 965. The normalized spacial score (nSPS) is 21.8. The fourth-order valence-electron chi connectivity index (χ4n) is 3.44. The fraction of sp³-hybridized carbons (Fsp3) is 0.409. The third kappa shape index (κ3) is 4.18. The van der Waals surface area contributed by atoms with Gasteiger partial charge in [0.05, 0.1) is 6.54 Å². The SMILES string of the molecule is C=Cc1ccc2ccnc(O[C@H]3CN(C(=O)OC(C)(C)C)[C@](C)(C(=O)O)C3)c2c1. The van der Waals surface area contributed by atoms with Crippen molar-refractivity contribution in [3.8, 4) is 5.88 Å². The number of hydrogen-bond donors (Lipinski definition) is 1. The first-order chi connectivity index (χ1) is 13.5. The Balaban J connectivity index is 1.89. The molecule has 2 heterocycles. The summed E-state index contributed by atoms with van der Waals surface area (Å²) in [6, 6.07) is 7.68. The second kappa shape index (κ2) is 7.39. The summed E-state index contributed by atoms with van der Waals surface area (Å²) in [5, 5.41) is 11.5. The fourth-order valence-corrected chi connectivity index (χ4v) is 3.44. The maximum atomic E-state index is 12.6. The van der Waals surface area contributed by atoms with Crippen LogP contribution in [0.5, 0.6) is 5.88 Å². The molecule has 7 nitrogen and oxygen atoms in total. The number of carbonyl (C=O) groups excluding carboxylic acids is 1. The van der Waals surface area contributed by atoms with E-state index in [1.165, 1.54) is 11.8 Å². The lowest BCUT2D eigenvalue weighted by Crippen LogP contribution is -2.52. The number of carboxylic acid groups (broad SMARTS) is 1. The Kier molecular flexibility index (Phi) is 5.26. The van der Waals surface area contributed by atoms with E-state index in [-0.39, 0.29) is 13.0 Å². The number of rotatable bonds is 4. The first kappa shape index (κ1) is 20.6. The molecule has 29 heavy (non-hydrogen) atoms. The van der Waals surface area contributed by atoms with Gasteiger partial charge in [0.15, 0.2) is 0 Å². The largest absolute Gasteiger partial charge is 0.480 e. The molecule has 1 aromatic heterocycles. The predicted molar refractivity (Wildman–Crippen MR) is 110 cm³/mol. The first-order valence-electron chi connectivity index (χ1n) is 9.45. The van der Waals surface area contributed by atoms with Crippen molar-refractivity contribution >= 4 is 28.9 Å². The highest BCUT2D eigenvalue weighted by atomic mass is 16.6. The summed E-state index contributed by atoms with van der Waals surface area (Å²) in [5.74, 6) is -0.704. The Morgan fingerprint density at radius 1 is 1.34 bits per heavy atom. The van der Waals surface area contributed by atoms with E-state index in [4.69, 9.17) is 9.47 Å². The molecule has 2 aromatic rings. The van der Waals surface area contributed by atoms with E-state index in [0.29, 0.717) is 5.88 Å². The number of aromatic nitrogens is 1. The zero-order valence-corrected chi connectivity index (χ0v) is 17.1. The molecule has 7 heteroatoms. The van der Waals surface area contributed by atoms with Crippen LogP contribution in [0.2, 0.25) is 0 Å². The van der Waals surface area contributed by atoms with Crippen LogP contribution in [0.1, 0.15) is 39.7 Å². The Morgan fingerprint density at radius 2 is 2.07 bits per heavy atom. The quantitative estimate of drug-likeness (QED) is 0.834. The van der Waals surface area contributed by atoms with E-state index < -0.39 is 29.3 Å². The molecule has 1 N–H and O–H groups in total. The number of hydrogen-bond acceptors (Lipinski definition) is 5. The zero-order valence-electron chi connectivity index (χ0n) is 17.1. The Labute approximate surface area is 169 Å². The van der Waals surface area contributed by atoms with Gasteiger partial charge in [0.25, 0.3) is 0 Å². The minimum Gasteiger partial charge on any atom is -0.480 e. The molecular weight excluding hydrogens is 372 g/mol. The Hall–Kier alpha value is -3.09. The van der Waals surface area contributed by atoms with Gasteiger partial charge in [-0.3, -0.25) is 4.90 Å². The summed E-state index contributed by atoms with van der Waals surface area (Å²) in [7, 11) is 0. The molecule has 0 radical (unpaired) electrons. The number of nitrogens with zero attached hydrogens (tertiary/aromatic N) is 2. The third-order valence-electron chi connectivity index (χ3n) is 4.95. The number of benzene rings is 1. The molecule has 0 spiro atoms. The van der Waals surface area contributed by atoms with Crippen LogP contribution >= 0.6 is 0 Å². The second-order valence-electron chi connectivity index (χ2n) is 8.41. The predicted octanol–water partition coefficient (Wildman–Crippen LogP) is 4.11. The van der Waals surface area contributed by atoms with Gasteiger partial charge in [-0.1, -0.05) is 24.8 Å². The van der Waals surface area contributed by atoms with Gasteiger partial charge in [-0.15, -0.1) is 0 Å². The van der Waals surface area contributed by atoms with Gasteiger partial charge < -0.3 is 14.6 Å². The molecule has 1 amide bonds. The highest BCUT2D eigenvalue weighted by Gasteiger charge is 2.52. The molecule has 0 saturated carbocycles. The maximum absolute atomic E-state index is 12.6. The van der Waals surface area contributed by atoms with Crippen molar-refractivity contribution in [3.63, 3.8) is 0 Å². The van der Waals surface area contributed by atoms with Gasteiger partial charge >= 0.3 is 12.1 Å². The van der Waals surface area contributed by atoms with Crippen molar-refractivity contribution in [1.82, 2.24) is 9.88 Å². The minimum atomic E-state index is -1.43. The van der Waals surface area contributed by atoms with Crippen molar-refractivity contribution < 1.29 is 24.2 Å². The zero-order chi connectivity index (χ0) is 21.4. The highest BCUT2D eigenvalue weighted by Crippen LogP contribution is 2.35. The number of amides is 1. The van der Waals surface area contributed by atoms with Crippen molar-refractivity contribution in [3.05, 3.63) is 42.6 Å². The van der Waals surface area contributed by atoms with Crippen LogP contribution in [-0.4, -0.2) is 50.8 Å². The van der Waals surface area contributed by atoms with Gasteiger partial charge in [-0.25, -0.2) is 14.6 Å². The number of carbonyl (C=O) groups is 2. The van der Waals surface area contributed by atoms with E-state index in [9.17, 15) is 14.7 Å².